The molecule has 1 aromatic heterocycles. The number of aryl methyl sites for hydroxylation is 1. The van der Waals surface area contributed by atoms with Crippen LogP contribution in [-0.4, -0.2) is 17.1 Å². The molecule has 1 amide bonds. The molecule has 0 atom stereocenters. The van der Waals surface area contributed by atoms with Crippen molar-refractivity contribution < 1.29 is 9.53 Å². The van der Waals surface area contributed by atoms with Crippen LogP contribution in [0.4, 0.5) is 0 Å². The molecule has 0 saturated heterocycles. The number of rotatable bonds is 5. The van der Waals surface area contributed by atoms with Gasteiger partial charge in [0.25, 0.3) is 0 Å². The van der Waals surface area contributed by atoms with Crippen LogP contribution in [0.1, 0.15) is 12.8 Å². The highest BCUT2D eigenvalue weighted by atomic mass is 32.1. The molecule has 19 heavy (non-hydrogen) atoms. The molecule has 1 heterocycles. The first kappa shape index (κ1) is 13.5. The standard InChI is InChI=1S/C14H16N2O2S/c1-16-9-11-19-14(16)15-13(17)8-5-10-18-12-6-3-2-4-7-12/h2-4,6-7,9,11H,5,8,10H2,1H3. The third-order valence-corrected chi connectivity index (χ3v) is 3.37. The van der Waals surface area contributed by atoms with Gasteiger partial charge in [-0.15, -0.1) is 11.3 Å². The van der Waals surface area contributed by atoms with Crippen molar-refractivity contribution in [3.05, 3.63) is 46.7 Å². The first-order chi connectivity index (χ1) is 9.25. The highest BCUT2D eigenvalue weighted by Gasteiger charge is 2.00. The lowest BCUT2D eigenvalue weighted by Crippen LogP contribution is -2.12. The van der Waals surface area contributed by atoms with Gasteiger partial charge in [0.1, 0.15) is 5.75 Å². The monoisotopic (exact) mass is 276 g/mol. The van der Waals surface area contributed by atoms with Crippen molar-refractivity contribution in [1.82, 2.24) is 4.57 Å². The molecule has 0 saturated carbocycles. The van der Waals surface area contributed by atoms with E-state index in [1.54, 1.807) is 0 Å². The van der Waals surface area contributed by atoms with Gasteiger partial charge in [-0.25, -0.2) is 0 Å². The molecule has 100 valence electrons. The number of para-hydroxylation sites is 1. The molecule has 0 N–H and O–H groups in total. The molecule has 0 radical (unpaired) electrons. The molecule has 0 unspecified atom stereocenters. The average molecular weight is 276 g/mol. The minimum atomic E-state index is -0.102. The lowest BCUT2D eigenvalue weighted by molar-refractivity contribution is -0.118. The fraction of sp³-hybridized carbons (Fsp3) is 0.286. The van der Waals surface area contributed by atoms with Crippen molar-refractivity contribution in [2.75, 3.05) is 6.61 Å². The molecular weight excluding hydrogens is 260 g/mol. The van der Waals surface area contributed by atoms with E-state index in [-0.39, 0.29) is 5.91 Å². The maximum atomic E-state index is 11.6. The van der Waals surface area contributed by atoms with E-state index in [1.165, 1.54) is 11.3 Å². The van der Waals surface area contributed by atoms with E-state index in [2.05, 4.69) is 4.99 Å². The van der Waals surface area contributed by atoms with Crippen LogP contribution in [0.15, 0.2) is 46.9 Å². The van der Waals surface area contributed by atoms with E-state index in [4.69, 9.17) is 4.74 Å². The molecule has 5 heteroatoms. The van der Waals surface area contributed by atoms with E-state index in [0.717, 1.165) is 10.6 Å². The molecule has 0 bridgehead atoms. The summed E-state index contributed by atoms with van der Waals surface area (Å²) in [7, 11) is 1.88. The molecule has 1 aromatic carbocycles. The molecule has 4 nitrogen and oxygen atoms in total. The van der Waals surface area contributed by atoms with Crippen LogP contribution in [0.2, 0.25) is 0 Å². The van der Waals surface area contributed by atoms with Gasteiger partial charge in [0.15, 0.2) is 4.80 Å². The van der Waals surface area contributed by atoms with Crippen molar-refractivity contribution in [3.8, 4) is 5.75 Å². The van der Waals surface area contributed by atoms with Gasteiger partial charge >= 0.3 is 0 Å². The summed E-state index contributed by atoms with van der Waals surface area (Å²) < 4.78 is 7.36. The Morgan fingerprint density at radius 2 is 2.16 bits per heavy atom. The Balaban J connectivity index is 1.75. The zero-order valence-electron chi connectivity index (χ0n) is 10.8. The molecule has 2 aromatic rings. The Morgan fingerprint density at radius 1 is 1.37 bits per heavy atom. The number of hydrogen-bond acceptors (Lipinski definition) is 3. The molecule has 0 spiro atoms. The second kappa shape index (κ2) is 6.89. The van der Waals surface area contributed by atoms with Gasteiger partial charge in [0.05, 0.1) is 6.61 Å². The highest BCUT2D eigenvalue weighted by Crippen LogP contribution is 2.08. The van der Waals surface area contributed by atoms with Gasteiger partial charge in [0.2, 0.25) is 5.91 Å². The summed E-state index contributed by atoms with van der Waals surface area (Å²) in [5, 5.41) is 1.91. The third-order valence-electron chi connectivity index (χ3n) is 2.53. The van der Waals surface area contributed by atoms with Crippen LogP contribution in [0.3, 0.4) is 0 Å². The summed E-state index contributed by atoms with van der Waals surface area (Å²) in [4.78, 5) is 16.4. The summed E-state index contributed by atoms with van der Waals surface area (Å²) in [5.41, 5.74) is 0. The Labute approximate surface area is 116 Å². The van der Waals surface area contributed by atoms with Crippen LogP contribution in [0.5, 0.6) is 5.75 Å². The quantitative estimate of drug-likeness (QED) is 0.787. The summed E-state index contributed by atoms with van der Waals surface area (Å²) in [5.74, 6) is 0.728. The number of ether oxygens (including phenoxy) is 1. The van der Waals surface area contributed by atoms with Crippen molar-refractivity contribution in [2.45, 2.75) is 12.8 Å². The first-order valence-electron chi connectivity index (χ1n) is 6.11. The molecule has 2 rings (SSSR count). The SMILES string of the molecule is Cn1ccsc1=NC(=O)CCCOc1ccccc1. The van der Waals surface area contributed by atoms with Crippen molar-refractivity contribution >= 4 is 17.2 Å². The number of benzene rings is 1. The minimum absolute atomic E-state index is 0.102. The van der Waals surface area contributed by atoms with Crippen molar-refractivity contribution in [1.29, 1.82) is 0 Å². The summed E-state index contributed by atoms with van der Waals surface area (Å²) in [6, 6.07) is 9.59. The Morgan fingerprint density at radius 3 is 2.84 bits per heavy atom. The predicted octanol–water partition coefficient (Wildman–Crippen LogP) is 2.37. The van der Waals surface area contributed by atoms with Crippen LogP contribution in [0, 0.1) is 0 Å². The van der Waals surface area contributed by atoms with Crippen LogP contribution in [0.25, 0.3) is 0 Å². The third kappa shape index (κ3) is 4.37. The van der Waals surface area contributed by atoms with Gasteiger partial charge in [-0.3, -0.25) is 4.79 Å². The maximum Gasteiger partial charge on any atom is 0.248 e. The van der Waals surface area contributed by atoms with Gasteiger partial charge in [-0.1, -0.05) is 18.2 Å². The van der Waals surface area contributed by atoms with Gasteiger partial charge in [-0.2, -0.15) is 4.99 Å². The zero-order valence-corrected chi connectivity index (χ0v) is 11.6. The zero-order chi connectivity index (χ0) is 13.5. The van der Waals surface area contributed by atoms with E-state index >= 15 is 0 Å². The number of amides is 1. The second-order valence-electron chi connectivity index (χ2n) is 4.07. The summed E-state index contributed by atoms with van der Waals surface area (Å²) >= 11 is 1.46. The largest absolute Gasteiger partial charge is 0.494 e. The maximum absolute atomic E-state index is 11.6. The molecule has 0 aliphatic carbocycles. The highest BCUT2D eigenvalue weighted by molar-refractivity contribution is 7.07. The minimum Gasteiger partial charge on any atom is -0.494 e. The van der Waals surface area contributed by atoms with Gasteiger partial charge < -0.3 is 9.30 Å². The number of carbonyl (C=O) groups is 1. The number of nitrogens with zero attached hydrogens (tertiary/aromatic N) is 2. The first-order valence-corrected chi connectivity index (χ1v) is 6.99. The van der Waals surface area contributed by atoms with Crippen molar-refractivity contribution in [3.63, 3.8) is 0 Å². The molecule has 0 aliphatic rings. The second-order valence-corrected chi connectivity index (χ2v) is 4.94. The Hall–Kier alpha value is -1.88. The van der Waals surface area contributed by atoms with E-state index in [1.807, 2.05) is 53.5 Å². The lowest BCUT2D eigenvalue weighted by Gasteiger charge is -2.03. The van der Waals surface area contributed by atoms with E-state index in [0.29, 0.717) is 19.4 Å². The smallest absolute Gasteiger partial charge is 0.248 e. The van der Waals surface area contributed by atoms with Crippen LogP contribution >= 0.6 is 11.3 Å². The summed E-state index contributed by atoms with van der Waals surface area (Å²) in [6.07, 6.45) is 2.96. The molecular formula is C14H16N2O2S. The number of hydrogen-bond donors (Lipinski definition) is 0. The van der Waals surface area contributed by atoms with Gasteiger partial charge in [0, 0.05) is 25.0 Å². The lowest BCUT2D eigenvalue weighted by atomic mass is 10.3. The van der Waals surface area contributed by atoms with Gasteiger partial charge in [-0.05, 0) is 18.6 Å². The Bertz CT molecular complexity index is 587. The number of carbonyl (C=O) groups excluding carboxylic acids is 1. The Kier molecular flexibility index (Phi) is 4.92. The van der Waals surface area contributed by atoms with E-state index in [9.17, 15) is 4.79 Å². The molecule has 0 fully saturated rings. The van der Waals surface area contributed by atoms with Crippen molar-refractivity contribution in [2.24, 2.45) is 12.0 Å². The fourth-order valence-corrected chi connectivity index (χ4v) is 2.27. The van der Waals surface area contributed by atoms with Crippen LogP contribution in [-0.2, 0) is 11.8 Å². The normalized spacial score (nSPS) is 11.5. The van der Waals surface area contributed by atoms with Crippen LogP contribution < -0.4 is 9.54 Å². The van der Waals surface area contributed by atoms with E-state index < -0.39 is 0 Å². The predicted molar refractivity (Wildman–Crippen MR) is 75.0 cm³/mol. The average Bonchev–Trinajstić information content (AvgIpc) is 2.82. The number of aromatic nitrogens is 1. The topological polar surface area (TPSA) is 43.6 Å². The molecule has 0 aliphatic heterocycles. The fourth-order valence-electron chi connectivity index (χ4n) is 1.53. The number of thiazole rings is 1. The summed E-state index contributed by atoms with van der Waals surface area (Å²) in [6.45, 7) is 0.530.